The Morgan fingerprint density at radius 2 is 1.57 bits per heavy atom. The van der Waals surface area contributed by atoms with Crippen LogP contribution < -0.4 is 33.1 Å². The average molecular weight is 607 g/mol. The maximum atomic E-state index is 13.6. The van der Waals surface area contributed by atoms with E-state index in [0.717, 1.165) is 16.6 Å². The molecule has 1 fully saturated rings. The molecule has 44 heavy (non-hydrogen) atoms. The molecule has 2 atom stereocenters. The predicted molar refractivity (Wildman–Crippen MR) is 166 cm³/mol. The number of carbonyl (C=O) groups is 4. The van der Waals surface area contributed by atoms with Crippen LogP contribution in [0.3, 0.4) is 0 Å². The number of piperidine rings is 1. The lowest BCUT2D eigenvalue weighted by molar-refractivity contribution is -0.138. The second-order valence-electron chi connectivity index (χ2n) is 11.0. The van der Waals surface area contributed by atoms with Crippen molar-refractivity contribution in [1.82, 2.24) is 30.4 Å². The molecular weight excluding hydrogens is 564 g/mol. The Morgan fingerprint density at radius 1 is 0.886 bits per heavy atom. The molecule has 13 heteroatoms. The van der Waals surface area contributed by atoms with Crippen LogP contribution in [0.25, 0.3) is 11.0 Å². The van der Waals surface area contributed by atoms with Crippen molar-refractivity contribution in [1.29, 1.82) is 0 Å². The van der Waals surface area contributed by atoms with E-state index >= 15 is 0 Å². The number of nitrogens with one attached hydrogen (secondary N) is 4. The highest BCUT2D eigenvalue weighted by Crippen LogP contribution is 2.25. The number of nitrogens with zero attached hydrogens (tertiary/aromatic N) is 2. The van der Waals surface area contributed by atoms with Gasteiger partial charge in [-0.2, -0.15) is 0 Å². The number of imidazole rings is 1. The molecule has 3 aromatic rings. The van der Waals surface area contributed by atoms with Crippen molar-refractivity contribution in [2.24, 2.45) is 11.5 Å². The number of hydrogen-bond acceptors (Lipinski definition) is 7. The fourth-order valence-corrected chi connectivity index (χ4v) is 5.60. The minimum absolute atomic E-state index is 0.0493. The first-order chi connectivity index (χ1) is 21.3. The van der Waals surface area contributed by atoms with Gasteiger partial charge in [0.2, 0.25) is 23.6 Å². The van der Waals surface area contributed by atoms with Crippen LogP contribution in [0.5, 0.6) is 0 Å². The molecule has 1 aliphatic heterocycles. The Morgan fingerprint density at radius 3 is 2.27 bits per heavy atom. The van der Waals surface area contributed by atoms with Gasteiger partial charge >= 0.3 is 5.69 Å². The molecule has 8 N–H and O–H groups in total. The van der Waals surface area contributed by atoms with Gasteiger partial charge in [0.25, 0.3) is 0 Å². The quantitative estimate of drug-likeness (QED) is 0.138. The van der Waals surface area contributed by atoms with Crippen LogP contribution in [0.2, 0.25) is 0 Å². The molecule has 4 rings (SSSR count). The molecule has 4 amide bonds. The van der Waals surface area contributed by atoms with Crippen molar-refractivity contribution in [2.75, 3.05) is 32.7 Å². The predicted octanol–water partition coefficient (Wildman–Crippen LogP) is -0.0907. The Balaban J connectivity index is 1.34. The van der Waals surface area contributed by atoms with Gasteiger partial charge < -0.3 is 37.3 Å². The molecule has 13 nitrogen and oxygen atoms in total. The van der Waals surface area contributed by atoms with E-state index in [4.69, 9.17) is 11.5 Å². The fourth-order valence-electron chi connectivity index (χ4n) is 5.60. The summed E-state index contributed by atoms with van der Waals surface area (Å²) in [6, 6.07) is 15.0. The number of likely N-dealkylation sites (tertiary alicyclic amines) is 1. The Kier molecular flexibility index (Phi) is 11.7. The first-order valence-corrected chi connectivity index (χ1v) is 15.1. The monoisotopic (exact) mass is 606 g/mol. The van der Waals surface area contributed by atoms with E-state index in [9.17, 15) is 24.0 Å². The van der Waals surface area contributed by atoms with Crippen LogP contribution in [0.4, 0.5) is 0 Å². The van der Waals surface area contributed by atoms with Crippen molar-refractivity contribution < 1.29 is 19.2 Å². The van der Waals surface area contributed by atoms with Gasteiger partial charge in [-0.3, -0.25) is 23.7 Å². The number of nitrogens with two attached hydrogens (primary N) is 2. The summed E-state index contributed by atoms with van der Waals surface area (Å²) in [4.78, 5) is 68.7. The lowest BCUT2D eigenvalue weighted by Crippen LogP contribution is -2.54. The maximum Gasteiger partial charge on any atom is 0.326 e. The summed E-state index contributed by atoms with van der Waals surface area (Å²) in [5.41, 5.74) is 13.4. The summed E-state index contributed by atoms with van der Waals surface area (Å²) in [6.07, 6.45) is 3.17. The maximum absolute atomic E-state index is 13.6. The van der Waals surface area contributed by atoms with Gasteiger partial charge in [0.15, 0.2) is 0 Å². The highest BCUT2D eigenvalue weighted by molar-refractivity contribution is 5.93. The number of amides is 4. The van der Waals surface area contributed by atoms with Crippen molar-refractivity contribution in [3.63, 3.8) is 0 Å². The summed E-state index contributed by atoms with van der Waals surface area (Å²) in [5, 5.41) is 7.96. The number of para-hydroxylation sites is 2. The number of H-pyrrole nitrogens is 1. The lowest BCUT2D eigenvalue weighted by Gasteiger charge is -2.35. The van der Waals surface area contributed by atoms with Crippen LogP contribution in [0, 0.1) is 0 Å². The molecule has 0 aliphatic carbocycles. The van der Waals surface area contributed by atoms with Crippen molar-refractivity contribution in [3.8, 4) is 0 Å². The highest BCUT2D eigenvalue weighted by atomic mass is 16.2. The van der Waals surface area contributed by atoms with E-state index in [1.165, 1.54) is 0 Å². The zero-order chi connectivity index (χ0) is 31.5. The third-order valence-electron chi connectivity index (χ3n) is 7.89. The topological polar surface area (TPSA) is 197 Å². The molecular formula is C31H42N8O5. The Hall–Kier alpha value is -4.49. The molecule has 236 valence electrons. The minimum Gasteiger partial charge on any atom is -0.345 e. The Bertz CT molecular complexity index is 1480. The number of aromatic amines is 1. The lowest BCUT2D eigenvalue weighted by atomic mass is 10.0. The summed E-state index contributed by atoms with van der Waals surface area (Å²) in [5.74, 6) is -1.75. The van der Waals surface area contributed by atoms with Crippen LogP contribution in [-0.4, -0.2) is 82.9 Å². The Labute approximate surface area is 255 Å². The van der Waals surface area contributed by atoms with Gasteiger partial charge in [-0.25, -0.2) is 4.79 Å². The summed E-state index contributed by atoms with van der Waals surface area (Å²) < 4.78 is 1.77. The van der Waals surface area contributed by atoms with Crippen molar-refractivity contribution >= 4 is 34.7 Å². The smallest absolute Gasteiger partial charge is 0.326 e. The third kappa shape index (κ3) is 8.54. The molecule has 2 heterocycles. The molecule has 2 aromatic carbocycles. The van der Waals surface area contributed by atoms with Crippen LogP contribution in [0.1, 0.15) is 43.7 Å². The van der Waals surface area contributed by atoms with Crippen LogP contribution in [0.15, 0.2) is 59.4 Å². The molecule has 0 spiro atoms. The largest absolute Gasteiger partial charge is 0.345 e. The van der Waals surface area contributed by atoms with Crippen LogP contribution >= 0.6 is 0 Å². The number of hydrogen-bond donors (Lipinski definition) is 6. The number of rotatable bonds is 14. The van der Waals surface area contributed by atoms with Gasteiger partial charge in [-0.1, -0.05) is 42.5 Å². The summed E-state index contributed by atoms with van der Waals surface area (Å²) in [6.45, 7) is 0.707. The van der Waals surface area contributed by atoms with Crippen molar-refractivity contribution in [3.05, 3.63) is 70.6 Å². The molecule has 0 saturated carbocycles. The van der Waals surface area contributed by atoms with Gasteiger partial charge in [-0.15, -0.1) is 0 Å². The van der Waals surface area contributed by atoms with Crippen LogP contribution in [-0.2, 0) is 25.6 Å². The highest BCUT2D eigenvalue weighted by Gasteiger charge is 2.31. The second kappa shape index (κ2) is 15.8. The first kappa shape index (κ1) is 32.4. The minimum atomic E-state index is -0.922. The zero-order valence-corrected chi connectivity index (χ0v) is 24.8. The molecule has 1 aromatic heterocycles. The molecule has 0 bridgehead atoms. The number of carbonyl (C=O) groups excluding carboxylic acids is 4. The molecule has 1 aliphatic rings. The van der Waals surface area contributed by atoms with Gasteiger partial charge in [0, 0.05) is 25.6 Å². The van der Waals surface area contributed by atoms with Gasteiger partial charge in [0.1, 0.15) is 12.1 Å². The fraction of sp³-hybridized carbons (Fsp3) is 0.452. The average Bonchev–Trinajstić information content (AvgIpc) is 3.38. The summed E-state index contributed by atoms with van der Waals surface area (Å²) in [7, 11) is 0. The van der Waals surface area contributed by atoms with E-state index in [0.29, 0.717) is 51.7 Å². The molecule has 0 unspecified atom stereocenters. The number of fused-ring (bicyclic) bond motifs is 1. The zero-order valence-electron chi connectivity index (χ0n) is 24.8. The number of benzene rings is 2. The molecule has 0 radical (unpaired) electrons. The standard InChI is InChI=1S/C31H42N8O5/c32-15-7-6-11-24(30(43)38-16-13-22(14-17-38)39-26-12-5-4-10-23(26)37-31(39)44)35-28(41)20-34-29(42)25(36-27(40)19-33)18-21-8-2-1-3-9-21/h1-5,8-10,12,22,24-25H,6-7,11,13-20,32-33H2,(H,34,42)(H,35,41)(H,36,40)(H,37,44)/t24-,25-/m1/s1. The van der Waals surface area contributed by atoms with Gasteiger partial charge in [-0.05, 0) is 56.3 Å². The third-order valence-corrected chi connectivity index (χ3v) is 7.89. The van der Waals surface area contributed by atoms with E-state index in [1.807, 2.05) is 54.6 Å². The van der Waals surface area contributed by atoms with E-state index in [2.05, 4.69) is 20.9 Å². The van der Waals surface area contributed by atoms with E-state index in [1.54, 1.807) is 9.47 Å². The SMILES string of the molecule is NCCCC[C@@H](NC(=O)CNC(=O)[C@@H](Cc1ccccc1)NC(=O)CN)C(=O)N1CCC(n2c(=O)[nH]c3ccccc32)CC1. The van der Waals surface area contributed by atoms with E-state index < -0.39 is 29.8 Å². The van der Waals surface area contributed by atoms with Crippen molar-refractivity contribution in [2.45, 2.75) is 56.7 Å². The van der Waals surface area contributed by atoms with Gasteiger partial charge in [0.05, 0.1) is 24.1 Å². The normalized spacial score (nSPS) is 15.0. The molecule has 1 saturated heterocycles. The van der Waals surface area contributed by atoms with E-state index in [-0.39, 0.29) is 37.1 Å². The number of aromatic nitrogens is 2. The second-order valence-corrected chi connectivity index (χ2v) is 11.0. The first-order valence-electron chi connectivity index (χ1n) is 15.1. The number of unbranched alkanes of at least 4 members (excludes halogenated alkanes) is 1. The summed E-state index contributed by atoms with van der Waals surface area (Å²) >= 11 is 0.